The number of aromatic nitrogens is 1. The summed E-state index contributed by atoms with van der Waals surface area (Å²) >= 11 is 5.06. The number of rotatable bonds is 1. The Morgan fingerprint density at radius 1 is 1.50 bits per heavy atom. The molecule has 0 fully saturated rings. The fraction of sp³-hybridized carbons (Fsp3) is 0.286. The van der Waals surface area contributed by atoms with Crippen molar-refractivity contribution in [3.63, 3.8) is 0 Å². The van der Waals surface area contributed by atoms with Gasteiger partial charge in [0.05, 0.1) is 0 Å². The summed E-state index contributed by atoms with van der Waals surface area (Å²) in [4.78, 5) is 4.31. The summed E-state index contributed by atoms with van der Waals surface area (Å²) in [5.74, 6) is 0. The highest BCUT2D eigenvalue weighted by molar-refractivity contribution is 9.10. The molecule has 0 saturated carbocycles. The third-order valence-corrected chi connectivity index (χ3v) is 2.75. The summed E-state index contributed by atoms with van der Waals surface area (Å²) < 4.78 is 1.07. The van der Waals surface area contributed by atoms with E-state index in [1.807, 2.05) is 25.3 Å². The van der Waals surface area contributed by atoms with Gasteiger partial charge < -0.3 is 0 Å². The van der Waals surface area contributed by atoms with Gasteiger partial charge in [0.2, 0.25) is 0 Å². The number of thioether (sulfide) groups is 1. The Labute approximate surface area is 73.4 Å². The molecule has 10 heavy (non-hydrogen) atoms. The lowest BCUT2D eigenvalue weighted by Crippen LogP contribution is -1.83. The molecule has 0 spiro atoms. The van der Waals surface area contributed by atoms with Crippen molar-refractivity contribution >= 4 is 27.7 Å². The third-order valence-electron chi connectivity index (χ3n) is 1.15. The first-order valence-corrected chi connectivity index (χ1v) is 4.93. The van der Waals surface area contributed by atoms with Gasteiger partial charge in [-0.3, -0.25) is 0 Å². The van der Waals surface area contributed by atoms with E-state index in [1.165, 1.54) is 0 Å². The molecule has 1 nitrogen and oxygen atoms in total. The van der Waals surface area contributed by atoms with Crippen LogP contribution in [0, 0.1) is 6.92 Å². The van der Waals surface area contributed by atoms with Gasteiger partial charge in [-0.1, -0.05) is 0 Å². The third kappa shape index (κ3) is 1.73. The molecule has 1 aromatic heterocycles. The Kier molecular flexibility index (Phi) is 2.74. The predicted molar refractivity (Wildman–Crippen MR) is 48.5 cm³/mol. The zero-order chi connectivity index (χ0) is 7.56. The molecule has 1 rings (SSSR count). The summed E-state index contributed by atoms with van der Waals surface area (Å²) in [6.45, 7) is 1.99. The van der Waals surface area contributed by atoms with Crippen molar-refractivity contribution in [3.8, 4) is 0 Å². The van der Waals surface area contributed by atoms with Crippen molar-refractivity contribution in [1.29, 1.82) is 0 Å². The van der Waals surface area contributed by atoms with Crippen molar-refractivity contribution in [2.45, 2.75) is 11.9 Å². The smallest absolute Gasteiger partial charge is 0.110 e. The molecular weight excluding hydrogens is 210 g/mol. The minimum absolute atomic E-state index is 1.06. The van der Waals surface area contributed by atoms with Gasteiger partial charge in [0.15, 0.2) is 0 Å². The standard InChI is InChI=1S/C7H8BrNS/c1-5-3-4-6(8)7(9-5)10-2/h3-4H,1-2H3. The molecule has 1 heterocycles. The second-order valence-corrected chi connectivity index (χ2v) is 3.59. The van der Waals surface area contributed by atoms with Crippen molar-refractivity contribution < 1.29 is 0 Å². The molecule has 0 aliphatic rings. The van der Waals surface area contributed by atoms with Gasteiger partial charge in [-0.25, -0.2) is 4.98 Å². The van der Waals surface area contributed by atoms with Crippen LogP contribution in [0.5, 0.6) is 0 Å². The Hall–Kier alpha value is -0.0200. The minimum atomic E-state index is 1.06. The second-order valence-electron chi connectivity index (χ2n) is 1.94. The summed E-state index contributed by atoms with van der Waals surface area (Å²) in [6.07, 6.45) is 2.02. The van der Waals surface area contributed by atoms with Gasteiger partial charge >= 0.3 is 0 Å². The molecule has 0 unspecified atom stereocenters. The minimum Gasteiger partial charge on any atom is -0.246 e. The number of halogens is 1. The molecule has 0 atom stereocenters. The van der Waals surface area contributed by atoms with Crippen LogP contribution >= 0.6 is 27.7 Å². The van der Waals surface area contributed by atoms with E-state index in [1.54, 1.807) is 11.8 Å². The van der Waals surface area contributed by atoms with Crippen LogP contribution in [-0.2, 0) is 0 Å². The number of hydrogen-bond acceptors (Lipinski definition) is 2. The molecule has 0 aromatic carbocycles. The Morgan fingerprint density at radius 2 is 2.20 bits per heavy atom. The van der Waals surface area contributed by atoms with Gasteiger partial charge in [-0.05, 0) is 41.2 Å². The number of hydrogen-bond donors (Lipinski definition) is 0. The molecule has 0 radical (unpaired) electrons. The molecule has 0 aliphatic heterocycles. The summed E-state index contributed by atoms with van der Waals surface area (Å²) in [6, 6.07) is 4.01. The lowest BCUT2D eigenvalue weighted by atomic mass is 10.4. The van der Waals surface area contributed by atoms with Gasteiger partial charge in [0.25, 0.3) is 0 Å². The van der Waals surface area contributed by atoms with Crippen LogP contribution in [0.2, 0.25) is 0 Å². The van der Waals surface area contributed by atoms with Crippen LogP contribution in [0.1, 0.15) is 5.69 Å². The van der Waals surface area contributed by atoms with E-state index >= 15 is 0 Å². The lowest BCUT2D eigenvalue weighted by molar-refractivity contribution is 1.05. The first-order valence-electron chi connectivity index (χ1n) is 2.91. The van der Waals surface area contributed by atoms with Crippen LogP contribution in [0.25, 0.3) is 0 Å². The number of pyridine rings is 1. The number of aryl methyl sites for hydroxylation is 1. The van der Waals surface area contributed by atoms with Gasteiger partial charge in [-0.15, -0.1) is 11.8 Å². The molecule has 3 heteroatoms. The highest BCUT2D eigenvalue weighted by atomic mass is 79.9. The van der Waals surface area contributed by atoms with E-state index in [9.17, 15) is 0 Å². The molecule has 0 amide bonds. The van der Waals surface area contributed by atoms with E-state index in [-0.39, 0.29) is 0 Å². The van der Waals surface area contributed by atoms with E-state index in [0.717, 1.165) is 15.2 Å². The average Bonchev–Trinajstić information content (AvgIpc) is 1.94. The Balaban J connectivity index is 3.09. The molecule has 0 N–H and O–H groups in total. The first kappa shape index (κ1) is 8.08. The van der Waals surface area contributed by atoms with Crippen LogP contribution < -0.4 is 0 Å². The van der Waals surface area contributed by atoms with Crippen LogP contribution in [0.15, 0.2) is 21.6 Å². The van der Waals surface area contributed by atoms with Gasteiger partial charge in [0.1, 0.15) is 5.03 Å². The summed E-state index contributed by atoms with van der Waals surface area (Å²) in [7, 11) is 0. The first-order chi connectivity index (χ1) is 4.74. The zero-order valence-electron chi connectivity index (χ0n) is 5.89. The largest absolute Gasteiger partial charge is 0.246 e. The zero-order valence-corrected chi connectivity index (χ0v) is 8.29. The van der Waals surface area contributed by atoms with E-state index in [0.29, 0.717) is 0 Å². The fourth-order valence-electron chi connectivity index (χ4n) is 0.659. The van der Waals surface area contributed by atoms with E-state index < -0.39 is 0 Å². The molecule has 54 valence electrons. The highest BCUT2D eigenvalue weighted by Crippen LogP contribution is 2.22. The van der Waals surface area contributed by atoms with Gasteiger partial charge in [-0.2, -0.15) is 0 Å². The van der Waals surface area contributed by atoms with E-state index in [2.05, 4.69) is 20.9 Å². The quantitative estimate of drug-likeness (QED) is 0.672. The Bertz CT molecular complexity index is 237. The maximum Gasteiger partial charge on any atom is 0.110 e. The molecule has 0 aliphatic carbocycles. The van der Waals surface area contributed by atoms with Crippen LogP contribution in [0.4, 0.5) is 0 Å². The summed E-state index contributed by atoms with van der Waals surface area (Å²) in [5, 5.41) is 1.06. The van der Waals surface area contributed by atoms with Crippen molar-refractivity contribution in [1.82, 2.24) is 4.98 Å². The predicted octanol–water partition coefficient (Wildman–Crippen LogP) is 2.87. The van der Waals surface area contributed by atoms with Gasteiger partial charge in [0, 0.05) is 10.2 Å². The van der Waals surface area contributed by atoms with Crippen molar-refractivity contribution in [2.24, 2.45) is 0 Å². The van der Waals surface area contributed by atoms with Crippen LogP contribution in [-0.4, -0.2) is 11.2 Å². The highest BCUT2D eigenvalue weighted by Gasteiger charge is 1.97. The maximum absolute atomic E-state index is 4.31. The fourth-order valence-corrected chi connectivity index (χ4v) is 1.86. The SMILES string of the molecule is CSc1nc(C)ccc1Br. The number of nitrogens with zero attached hydrogens (tertiary/aromatic N) is 1. The second kappa shape index (κ2) is 3.39. The molecule has 1 aromatic rings. The molecular formula is C7H8BrNS. The normalized spacial score (nSPS) is 9.90. The van der Waals surface area contributed by atoms with Crippen molar-refractivity contribution in [3.05, 3.63) is 22.3 Å². The van der Waals surface area contributed by atoms with Crippen molar-refractivity contribution in [2.75, 3.05) is 6.26 Å². The van der Waals surface area contributed by atoms with E-state index in [4.69, 9.17) is 0 Å². The summed E-state index contributed by atoms with van der Waals surface area (Å²) in [5.41, 5.74) is 1.06. The lowest BCUT2D eigenvalue weighted by Gasteiger charge is -1.99. The maximum atomic E-state index is 4.31. The molecule has 0 saturated heterocycles. The Morgan fingerprint density at radius 3 is 2.70 bits per heavy atom. The average molecular weight is 218 g/mol. The topological polar surface area (TPSA) is 12.9 Å². The van der Waals surface area contributed by atoms with Crippen LogP contribution in [0.3, 0.4) is 0 Å². The molecule has 0 bridgehead atoms. The monoisotopic (exact) mass is 217 g/mol.